The van der Waals surface area contributed by atoms with Crippen molar-refractivity contribution in [2.75, 3.05) is 6.54 Å². The second kappa shape index (κ2) is 17.0. The van der Waals surface area contributed by atoms with Crippen molar-refractivity contribution in [3.05, 3.63) is 71.8 Å². The van der Waals surface area contributed by atoms with Gasteiger partial charge in [0.1, 0.15) is 18.1 Å². The minimum Gasteiger partial charge on any atom is -0.480 e. The first kappa shape index (κ1) is 32.5. The summed E-state index contributed by atoms with van der Waals surface area (Å²) in [5.41, 5.74) is 13.4. The number of nitrogens with two attached hydrogens (primary N) is 2. The molecule has 0 spiro atoms. The fourth-order valence-corrected chi connectivity index (χ4v) is 4.30. The van der Waals surface area contributed by atoms with Crippen molar-refractivity contribution >= 4 is 23.7 Å². The lowest BCUT2D eigenvalue weighted by molar-refractivity contribution is -0.142. The lowest BCUT2D eigenvalue weighted by atomic mass is 10.0. The van der Waals surface area contributed by atoms with Crippen molar-refractivity contribution in [1.29, 1.82) is 0 Å². The van der Waals surface area contributed by atoms with Crippen LogP contribution in [-0.4, -0.2) is 59.5 Å². The van der Waals surface area contributed by atoms with Crippen molar-refractivity contribution in [2.24, 2.45) is 17.4 Å². The number of benzene rings is 2. The maximum Gasteiger partial charge on any atom is 0.326 e. The van der Waals surface area contributed by atoms with E-state index in [2.05, 4.69) is 16.0 Å². The highest BCUT2D eigenvalue weighted by Gasteiger charge is 2.30. The highest BCUT2D eigenvalue weighted by atomic mass is 16.4. The van der Waals surface area contributed by atoms with Crippen LogP contribution in [0.2, 0.25) is 0 Å². The van der Waals surface area contributed by atoms with Gasteiger partial charge in [0.2, 0.25) is 17.7 Å². The molecule has 10 nitrogen and oxygen atoms in total. The molecule has 2 rings (SSSR count). The Labute approximate surface area is 236 Å². The van der Waals surface area contributed by atoms with E-state index >= 15 is 0 Å². The minimum absolute atomic E-state index is 0.0331. The third-order valence-corrected chi connectivity index (χ3v) is 6.45. The molecule has 0 aliphatic heterocycles. The normalized spacial score (nSPS) is 14.0. The fraction of sp³-hybridized carbons (Fsp3) is 0.467. The van der Waals surface area contributed by atoms with Crippen LogP contribution in [0.1, 0.15) is 50.7 Å². The van der Waals surface area contributed by atoms with E-state index in [1.807, 2.05) is 74.5 Å². The Morgan fingerprint density at radius 1 is 0.725 bits per heavy atom. The molecule has 8 N–H and O–H groups in total. The molecule has 40 heavy (non-hydrogen) atoms. The SMILES string of the molecule is CC(C)CC(NC(=O)C(Cc1ccccc1)NC(=O)C(CCCCN)NC(=O)C(N)Cc1ccccc1)C(=O)O. The Hall–Kier alpha value is -3.76. The summed E-state index contributed by atoms with van der Waals surface area (Å²) in [6.07, 6.45) is 2.22. The summed E-state index contributed by atoms with van der Waals surface area (Å²) in [6.45, 7) is 4.16. The van der Waals surface area contributed by atoms with Crippen LogP contribution in [0.25, 0.3) is 0 Å². The molecule has 0 bridgehead atoms. The van der Waals surface area contributed by atoms with Crippen LogP contribution in [-0.2, 0) is 32.0 Å². The minimum atomic E-state index is -1.15. The van der Waals surface area contributed by atoms with E-state index in [-0.39, 0.29) is 18.8 Å². The molecule has 2 aromatic carbocycles. The first-order valence-corrected chi connectivity index (χ1v) is 13.8. The third kappa shape index (κ3) is 11.5. The van der Waals surface area contributed by atoms with Crippen molar-refractivity contribution in [2.45, 2.75) is 76.5 Å². The molecular formula is C30H43N5O5. The third-order valence-electron chi connectivity index (χ3n) is 6.45. The molecule has 218 valence electrons. The topological polar surface area (TPSA) is 177 Å². The molecule has 0 aliphatic rings. The summed E-state index contributed by atoms with van der Waals surface area (Å²) < 4.78 is 0. The predicted molar refractivity (Wildman–Crippen MR) is 154 cm³/mol. The Morgan fingerprint density at radius 3 is 1.75 bits per heavy atom. The molecular weight excluding hydrogens is 510 g/mol. The van der Waals surface area contributed by atoms with Crippen LogP contribution >= 0.6 is 0 Å². The summed E-state index contributed by atoms with van der Waals surface area (Å²) in [4.78, 5) is 51.5. The van der Waals surface area contributed by atoms with Crippen molar-refractivity contribution in [3.63, 3.8) is 0 Å². The van der Waals surface area contributed by atoms with Crippen LogP contribution < -0.4 is 27.4 Å². The highest BCUT2D eigenvalue weighted by Crippen LogP contribution is 2.10. The lowest BCUT2D eigenvalue weighted by Gasteiger charge is -2.26. The fourth-order valence-electron chi connectivity index (χ4n) is 4.30. The number of unbranched alkanes of at least 4 members (excludes halogenated alkanes) is 1. The molecule has 0 radical (unpaired) electrons. The second-order valence-corrected chi connectivity index (χ2v) is 10.4. The number of carbonyl (C=O) groups is 4. The Morgan fingerprint density at radius 2 is 1.23 bits per heavy atom. The predicted octanol–water partition coefficient (Wildman–Crippen LogP) is 1.51. The van der Waals surface area contributed by atoms with Gasteiger partial charge in [-0.2, -0.15) is 0 Å². The number of aliphatic carboxylic acids is 1. The smallest absolute Gasteiger partial charge is 0.326 e. The first-order chi connectivity index (χ1) is 19.1. The van der Waals surface area contributed by atoms with E-state index in [1.54, 1.807) is 0 Å². The van der Waals surface area contributed by atoms with Gasteiger partial charge in [-0.3, -0.25) is 14.4 Å². The van der Waals surface area contributed by atoms with E-state index in [9.17, 15) is 24.3 Å². The van der Waals surface area contributed by atoms with Crippen LogP contribution in [0.5, 0.6) is 0 Å². The summed E-state index contributed by atoms with van der Waals surface area (Å²) in [5.74, 6) is -2.76. The van der Waals surface area contributed by atoms with Gasteiger partial charge in [-0.05, 0) is 55.7 Å². The molecule has 0 heterocycles. The number of hydrogen-bond acceptors (Lipinski definition) is 6. The number of amides is 3. The van der Waals surface area contributed by atoms with Crippen LogP contribution in [0.3, 0.4) is 0 Å². The van der Waals surface area contributed by atoms with Crippen molar-refractivity contribution in [1.82, 2.24) is 16.0 Å². The average Bonchev–Trinajstić information content (AvgIpc) is 2.92. The van der Waals surface area contributed by atoms with Crippen molar-refractivity contribution < 1.29 is 24.3 Å². The highest BCUT2D eigenvalue weighted by molar-refractivity contribution is 5.94. The van der Waals surface area contributed by atoms with E-state index in [0.717, 1.165) is 11.1 Å². The Kier molecular flexibility index (Phi) is 13.8. The van der Waals surface area contributed by atoms with E-state index in [1.165, 1.54) is 0 Å². The Balaban J connectivity index is 2.20. The molecule has 4 unspecified atom stereocenters. The van der Waals surface area contributed by atoms with Gasteiger partial charge in [0, 0.05) is 6.42 Å². The van der Waals surface area contributed by atoms with Gasteiger partial charge in [0.05, 0.1) is 6.04 Å². The van der Waals surface area contributed by atoms with Crippen LogP contribution in [0, 0.1) is 5.92 Å². The standard InChI is InChI=1S/C30H43N5O5/c1-20(2)17-26(30(39)40)35-29(38)25(19-22-13-7-4-8-14-22)34-28(37)24(15-9-10-16-31)33-27(36)23(32)18-21-11-5-3-6-12-21/h3-8,11-14,20,23-26H,9-10,15-19,31-32H2,1-2H3,(H,33,36)(H,34,37)(H,35,38)(H,39,40). The summed E-state index contributed by atoms with van der Waals surface area (Å²) in [5, 5.41) is 17.7. The largest absolute Gasteiger partial charge is 0.480 e. The lowest BCUT2D eigenvalue weighted by Crippen LogP contribution is -2.57. The van der Waals surface area contributed by atoms with Crippen LogP contribution in [0.4, 0.5) is 0 Å². The van der Waals surface area contributed by atoms with Gasteiger partial charge < -0.3 is 32.5 Å². The van der Waals surface area contributed by atoms with E-state index in [0.29, 0.717) is 32.2 Å². The molecule has 2 aromatic rings. The van der Waals surface area contributed by atoms with Crippen molar-refractivity contribution in [3.8, 4) is 0 Å². The van der Waals surface area contributed by atoms with E-state index < -0.39 is 47.9 Å². The van der Waals surface area contributed by atoms with Gasteiger partial charge in [-0.1, -0.05) is 74.5 Å². The molecule has 3 amide bonds. The zero-order valence-corrected chi connectivity index (χ0v) is 23.3. The molecule has 0 saturated carbocycles. The number of carbonyl (C=O) groups excluding carboxylic acids is 3. The second-order valence-electron chi connectivity index (χ2n) is 10.4. The molecule has 0 aliphatic carbocycles. The maximum atomic E-state index is 13.5. The van der Waals surface area contributed by atoms with Crippen LogP contribution in [0.15, 0.2) is 60.7 Å². The van der Waals surface area contributed by atoms with Gasteiger partial charge in [0.15, 0.2) is 0 Å². The van der Waals surface area contributed by atoms with Gasteiger partial charge in [-0.25, -0.2) is 4.79 Å². The summed E-state index contributed by atoms with van der Waals surface area (Å²) >= 11 is 0. The van der Waals surface area contributed by atoms with Gasteiger partial charge >= 0.3 is 5.97 Å². The number of nitrogens with one attached hydrogen (secondary N) is 3. The summed E-state index contributed by atoms with van der Waals surface area (Å²) in [6, 6.07) is 14.5. The van der Waals surface area contributed by atoms with E-state index in [4.69, 9.17) is 11.5 Å². The average molecular weight is 554 g/mol. The number of rotatable bonds is 17. The quantitative estimate of drug-likeness (QED) is 0.161. The van der Waals surface area contributed by atoms with Gasteiger partial charge in [0.25, 0.3) is 0 Å². The molecule has 0 saturated heterocycles. The first-order valence-electron chi connectivity index (χ1n) is 13.8. The summed E-state index contributed by atoms with van der Waals surface area (Å²) in [7, 11) is 0. The number of hydrogen-bond donors (Lipinski definition) is 6. The number of carboxylic acids is 1. The monoisotopic (exact) mass is 553 g/mol. The molecule has 10 heteroatoms. The number of carboxylic acid groups (broad SMARTS) is 1. The molecule has 0 fully saturated rings. The molecule has 4 atom stereocenters. The maximum absolute atomic E-state index is 13.5. The zero-order valence-electron chi connectivity index (χ0n) is 23.3. The molecule has 0 aromatic heterocycles. The Bertz CT molecular complexity index is 1080. The zero-order chi connectivity index (χ0) is 29.5. The van der Waals surface area contributed by atoms with Gasteiger partial charge in [-0.15, -0.1) is 0 Å².